The predicted octanol–water partition coefficient (Wildman–Crippen LogP) is 0.789. The quantitative estimate of drug-likeness (QED) is 0.834. The Balaban J connectivity index is 1.75. The van der Waals surface area contributed by atoms with Crippen molar-refractivity contribution in [2.24, 2.45) is 0 Å². The first-order chi connectivity index (χ1) is 10.0. The molecule has 0 radical (unpaired) electrons. The largest absolute Gasteiger partial charge is 0.476 e. The molecule has 9 heteroatoms. The Hall–Kier alpha value is -2.71. The molecule has 0 spiro atoms. The average Bonchev–Trinajstić information content (AvgIpc) is 3.04. The molecule has 0 aliphatic heterocycles. The van der Waals surface area contributed by atoms with Gasteiger partial charge in [-0.3, -0.25) is 10.1 Å². The van der Waals surface area contributed by atoms with Crippen LogP contribution in [-0.2, 0) is 11.3 Å². The van der Waals surface area contributed by atoms with Gasteiger partial charge in [0.05, 0.1) is 11.4 Å². The third kappa shape index (κ3) is 2.76. The van der Waals surface area contributed by atoms with Gasteiger partial charge in [-0.25, -0.2) is 9.48 Å². The summed E-state index contributed by atoms with van der Waals surface area (Å²) in [6.07, 6.45) is 1.77. The molecule has 2 heterocycles. The molecule has 3 rings (SSSR count). The van der Waals surface area contributed by atoms with Crippen molar-refractivity contribution < 1.29 is 19.2 Å². The zero-order valence-corrected chi connectivity index (χ0v) is 11.2. The van der Waals surface area contributed by atoms with Crippen molar-refractivity contribution in [3.05, 3.63) is 23.1 Å². The predicted molar refractivity (Wildman–Crippen MR) is 68.8 cm³/mol. The van der Waals surface area contributed by atoms with Crippen LogP contribution in [0.25, 0.3) is 0 Å². The van der Waals surface area contributed by atoms with Gasteiger partial charge in [0.1, 0.15) is 6.54 Å². The van der Waals surface area contributed by atoms with Crippen molar-refractivity contribution in [1.82, 2.24) is 20.2 Å². The number of rotatable bonds is 5. The highest BCUT2D eigenvalue weighted by Gasteiger charge is 2.34. The number of nitrogens with zero attached hydrogens (tertiary/aromatic N) is 4. The molecule has 2 aromatic rings. The summed E-state index contributed by atoms with van der Waals surface area (Å²) in [5.41, 5.74) is 1.07. The van der Waals surface area contributed by atoms with Crippen LogP contribution in [-0.4, -0.2) is 37.1 Å². The van der Waals surface area contributed by atoms with Crippen LogP contribution in [0.5, 0.6) is 0 Å². The molecular weight excluding hydrogens is 278 g/mol. The lowest BCUT2D eigenvalue weighted by atomic mass is 10.2. The van der Waals surface area contributed by atoms with Crippen molar-refractivity contribution in [2.45, 2.75) is 32.2 Å². The van der Waals surface area contributed by atoms with Crippen molar-refractivity contribution in [1.29, 1.82) is 0 Å². The molecule has 21 heavy (non-hydrogen) atoms. The Labute approximate surface area is 118 Å². The van der Waals surface area contributed by atoms with Crippen LogP contribution >= 0.6 is 0 Å². The Morgan fingerprint density at radius 2 is 2.29 bits per heavy atom. The van der Waals surface area contributed by atoms with E-state index in [0.29, 0.717) is 11.4 Å². The molecule has 1 amide bonds. The van der Waals surface area contributed by atoms with Crippen molar-refractivity contribution in [2.75, 3.05) is 5.32 Å². The molecular formula is C12H13N5O4. The minimum absolute atomic E-state index is 0.0826. The second-order valence-electron chi connectivity index (χ2n) is 4.94. The average molecular weight is 291 g/mol. The number of carbonyl (C=O) groups is 2. The molecule has 1 saturated carbocycles. The minimum Gasteiger partial charge on any atom is -0.476 e. The van der Waals surface area contributed by atoms with Crippen LogP contribution < -0.4 is 5.32 Å². The van der Waals surface area contributed by atoms with E-state index in [-0.39, 0.29) is 29.9 Å². The first-order valence-electron chi connectivity index (χ1n) is 6.44. The molecule has 1 fully saturated rings. The van der Waals surface area contributed by atoms with Gasteiger partial charge in [-0.2, -0.15) is 0 Å². The van der Waals surface area contributed by atoms with Crippen molar-refractivity contribution in [3.63, 3.8) is 0 Å². The molecule has 0 saturated heterocycles. The number of hydrogen-bond donors (Lipinski definition) is 2. The van der Waals surface area contributed by atoms with Crippen LogP contribution in [0.4, 0.5) is 5.88 Å². The van der Waals surface area contributed by atoms with Crippen LogP contribution in [0.15, 0.2) is 10.6 Å². The van der Waals surface area contributed by atoms with Gasteiger partial charge < -0.3 is 9.63 Å². The van der Waals surface area contributed by atoms with E-state index in [1.54, 1.807) is 13.0 Å². The number of anilines is 1. The van der Waals surface area contributed by atoms with Crippen LogP contribution in [0.3, 0.4) is 0 Å². The number of carbonyl (C=O) groups excluding carboxylic acids is 1. The second-order valence-corrected chi connectivity index (χ2v) is 4.94. The topological polar surface area (TPSA) is 123 Å². The molecule has 2 aromatic heterocycles. The van der Waals surface area contributed by atoms with E-state index in [2.05, 4.69) is 20.8 Å². The van der Waals surface area contributed by atoms with Crippen LogP contribution in [0, 0.1) is 6.92 Å². The minimum atomic E-state index is -1.13. The smallest absolute Gasteiger partial charge is 0.358 e. The number of aromatic nitrogens is 4. The Kier molecular flexibility index (Phi) is 3.16. The fraction of sp³-hybridized carbons (Fsp3) is 0.417. The lowest BCUT2D eigenvalue weighted by Gasteiger charge is -2.05. The summed E-state index contributed by atoms with van der Waals surface area (Å²) in [6, 6.07) is 1.59. The molecule has 0 atom stereocenters. The standard InChI is InChI=1S/C12H13N5O4/c1-6-4-9(21-15-6)13-8(18)5-17-11(7-2-3-7)10(12(19)20)14-16-17/h4,7H,2-3,5H2,1H3,(H,13,18)(H,19,20). The van der Waals surface area contributed by atoms with Gasteiger partial charge in [-0.15, -0.1) is 5.10 Å². The highest BCUT2D eigenvalue weighted by atomic mass is 16.5. The van der Waals surface area contributed by atoms with Crippen molar-refractivity contribution in [3.8, 4) is 0 Å². The van der Waals surface area contributed by atoms with E-state index in [9.17, 15) is 9.59 Å². The monoisotopic (exact) mass is 291 g/mol. The fourth-order valence-electron chi connectivity index (χ4n) is 2.09. The number of carboxylic acids is 1. The third-order valence-electron chi connectivity index (χ3n) is 3.12. The fourth-order valence-corrected chi connectivity index (χ4v) is 2.09. The van der Waals surface area contributed by atoms with E-state index in [4.69, 9.17) is 9.63 Å². The molecule has 2 N–H and O–H groups in total. The number of aromatic carboxylic acids is 1. The third-order valence-corrected chi connectivity index (χ3v) is 3.12. The summed E-state index contributed by atoms with van der Waals surface area (Å²) in [7, 11) is 0. The summed E-state index contributed by atoms with van der Waals surface area (Å²) >= 11 is 0. The summed E-state index contributed by atoms with van der Waals surface area (Å²) in [5.74, 6) is -1.15. The van der Waals surface area contributed by atoms with Gasteiger partial charge in [0.15, 0.2) is 5.69 Å². The lowest BCUT2D eigenvalue weighted by molar-refractivity contribution is -0.117. The first kappa shape index (κ1) is 13.3. The van der Waals surface area contributed by atoms with Gasteiger partial charge in [-0.05, 0) is 19.8 Å². The molecule has 0 unspecified atom stereocenters. The molecule has 1 aliphatic rings. The van der Waals surface area contributed by atoms with E-state index < -0.39 is 5.97 Å². The summed E-state index contributed by atoms with van der Waals surface area (Å²) < 4.78 is 6.22. The molecule has 9 nitrogen and oxygen atoms in total. The number of carboxylic acid groups (broad SMARTS) is 1. The summed E-state index contributed by atoms with van der Waals surface area (Å²) in [5, 5.41) is 22.7. The van der Waals surface area contributed by atoms with E-state index in [0.717, 1.165) is 12.8 Å². The number of amides is 1. The maximum absolute atomic E-state index is 11.9. The lowest BCUT2D eigenvalue weighted by Crippen LogP contribution is -2.21. The number of aryl methyl sites for hydroxylation is 1. The molecule has 1 aliphatic carbocycles. The van der Waals surface area contributed by atoms with Crippen LogP contribution in [0.2, 0.25) is 0 Å². The number of hydrogen-bond acceptors (Lipinski definition) is 6. The van der Waals surface area contributed by atoms with Gasteiger partial charge in [-0.1, -0.05) is 10.4 Å². The number of nitrogens with one attached hydrogen (secondary N) is 1. The van der Waals surface area contributed by atoms with Gasteiger partial charge in [0.25, 0.3) is 0 Å². The maximum atomic E-state index is 11.9. The first-order valence-corrected chi connectivity index (χ1v) is 6.44. The highest BCUT2D eigenvalue weighted by molar-refractivity contribution is 5.90. The maximum Gasteiger partial charge on any atom is 0.358 e. The molecule has 110 valence electrons. The van der Waals surface area contributed by atoms with E-state index in [1.807, 2.05) is 0 Å². The van der Waals surface area contributed by atoms with Crippen LogP contribution in [0.1, 0.15) is 40.6 Å². The van der Waals surface area contributed by atoms with Crippen molar-refractivity contribution >= 4 is 17.8 Å². The van der Waals surface area contributed by atoms with Gasteiger partial charge >= 0.3 is 5.97 Å². The highest BCUT2D eigenvalue weighted by Crippen LogP contribution is 2.41. The Morgan fingerprint density at radius 1 is 1.52 bits per heavy atom. The van der Waals surface area contributed by atoms with Gasteiger partial charge in [0, 0.05) is 12.0 Å². The second kappa shape index (κ2) is 5.00. The Bertz CT molecular complexity index is 700. The zero-order chi connectivity index (χ0) is 15.0. The molecule has 0 aromatic carbocycles. The summed E-state index contributed by atoms with van der Waals surface area (Å²) in [4.78, 5) is 23.0. The SMILES string of the molecule is Cc1cc(NC(=O)Cn2nnc(C(=O)O)c2C2CC2)on1. The zero-order valence-electron chi connectivity index (χ0n) is 11.2. The Morgan fingerprint density at radius 3 is 2.86 bits per heavy atom. The van der Waals surface area contributed by atoms with E-state index in [1.165, 1.54) is 4.68 Å². The van der Waals surface area contributed by atoms with E-state index >= 15 is 0 Å². The summed E-state index contributed by atoms with van der Waals surface area (Å²) in [6.45, 7) is 1.62. The normalized spacial score (nSPS) is 14.1. The molecule has 0 bridgehead atoms. The van der Waals surface area contributed by atoms with Gasteiger partial charge in [0.2, 0.25) is 11.8 Å².